The predicted molar refractivity (Wildman–Crippen MR) is 118 cm³/mol. The smallest absolute Gasteiger partial charge is 0.339 e. The molecule has 3 aromatic carbocycles. The molecule has 0 aromatic heterocycles. The molecule has 10 heteroatoms. The van der Waals surface area contributed by atoms with Crippen LogP contribution in [0.4, 0.5) is 4.39 Å². The molecule has 0 spiro atoms. The molecule has 2 N–H and O–H groups in total. The van der Waals surface area contributed by atoms with E-state index in [4.69, 9.17) is 19.4 Å². The quantitative estimate of drug-likeness (QED) is 0.433. The number of methoxy groups -OCH3 is 1. The van der Waals surface area contributed by atoms with Gasteiger partial charge in [0.15, 0.2) is 0 Å². The molecule has 1 unspecified atom stereocenters. The number of esters is 1. The SMILES string of the molecule is COC(=O)c1ccc(C2C(C#N)=C(N)Oc3cc(OS(=O)(=O)c4ccc(F)cc4)ccc32)cc1. The van der Waals surface area contributed by atoms with Crippen LogP contribution < -0.4 is 14.7 Å². The Kier molecular flexibility index (Phi) is 5.96. The van der Waals surface area contributed by atoms with Crippen molar-refractivity contribution >= 4 is 16.1 Å². The van der Waals surface area contributed by atoms with Gasteiger partial charge in [-0.2, -0.15) is 13.7 Å². The molecule has 0 fully saturated rings. The summed E-state index contributed by atoms with van der Waals surface area (Å²) in [6.45, 7) is 0. The minimum absolute atomic E-state index is 0.0592. The molecular weight excluding hydrogens is 463 g/mol. The topological polar surface area (TPSA) is 129 Å². The van der Waals surface area contributed by atoms with E-state index in [2.05, 4.69) is 6.07 Å². The van der Waals surface area contributed by atoms with E-state index in [0.29, 0.717) is 16.7 Å². The molecular formula is C24H17FN2O6S. The summed E-state index contributed by atoms with van der Waals surface area (Å²) in [5.74, 6) is -1.71. The van der Waals surface area contributed by atoms with Crippen LogP contribution in [-0.2, 0) is 14.9 Å². The third-order valence-electron chi connectivity index (χ3n) is 5.16. The van der Waals surface area contributed by atoms with Crippen molar-refractivity contribution in [2.75, 3.05) is 7.11 Å². The van der Waals surface area contributed by atoms with Crippen LogP contribution >= 0.6 is 0 Å². The maximum absolute atomic E-state index is 13.1. The molecule has 0 bridgehead atoms. The van der Waals surface area contributed by atoms with Crippen molar-refractivity contribution in [3.05, 3.63) is 101 Å². The van der Waals surface area contributed by atoms with Crippen molar-refractivity contribution in [3.63, 3.8) is 0 Å². The maximum Gasteiger partial charge on any atom is 0.339 e. The number of nitriles is 1. The fourth-order valence-corrected chi connectivity index (χ4v) is 4.46. The van der Waals surface area contributed by atoms with Crippen LogP contribution in [0.15, 0.2) is 83.1 Å². The van der Waals surface area contributed by atoms with Crippen LogP contribution in [0.25, 0.3) is 0 Å². The van der Waals surface area contributed by atoms with Gasteiger partial charge in [-0.15, -0.1) is 0 Å². The average molecular weight is 480 g/mol. The van der Waals surface area contributed by atoms with Gasteiger partial charge in [0.25, 0.3) is 0 Å². The molecule has 3 aromatic rings. The van der Waals surface area contributed by atoms with Crippen molar-refractivity contribution in [3.8, 4) is 17.6 Å². The Hall–Kier alpha value is -4.36. The Balaban J connectivity index is 1.70. The van der Waals surface area contributed by atoms with Gasteiger partial charge in [-0.25, -0.2) is 9.18 Å². The fraction of sp³-hybridized carbons (Fsp3) is 0.0833. The van der Waals surface area contributed by atoms with Crippen molar-refractivity contribution < 1.29 is 31.3 Å². The summed E-state index contributed by atoms with van der Waals surface area (Å²) in [4.78, 5) is 11.5. The molecule has 4 rings (SSSR count). The van der Waals surface area contributed by atoms with Crippen LogP contribution in [0.5, 0.6) is 11.5 Å². The fourth-order valence-electron chi connectivity index (χ4n) is 3.54. The Labute approximate surface area is 194 Å². The van der Waals surface area contributed by atoms with Gasteiger partial charge in [0, 0.05) is 11.6 Å². The lowest BCUT2D eigenvalue weighted by Crippen LogP contribution is -2.21. The molecule has 8 nitrogen and oxygen atoms in total. The molecule has 1 aliphatic rings. The zero-order valence-corrected chi connectivity index (χ0v) is 18.5. The number of hydrogen-bond donors (Lipinski definition) is 1. The van der Waals surface area contributed by atoms with Gasteiger partial charge in [-0.05, 0) is 48.0 Å². The Morgan fingerprint density at radius 2 is 1.76 bits per heavy atom. The van der Waals surface area contributed by atoms with Crippen LogP contribution in [0.1, 0.15) is 27.4 Å². The summed E-state index contributed by atoms with van der Waals surface area (Å²) >= 11 is 0. The first-order valence-corrected chi connectivity index (χ1v) is 11.2. The zero-order chi connectivity index (χ0) is 24.5. The lowest BCUT2D eigenvalue weighted by Gasteiger charge is -2.26. The Morgan fingerprint density at radius 1 is 1.09 bits per heavy atom. The summed E-state index contributed by atoms with van der Waals surface area (Å²) in [5, 5.41) is 9.68. The van der Waals surface area contributed by atoms with Gasteiger partial charge in [0.05, 0.1) is 18.6 Å². The second-order valence-corrected chi connectivity index (χ2v) is 8.78. The summed E-state index contributed by atoms with van der Waals surface area (Å²) in [7, 11) is -2.95. The first-order chi connectivity index (χ1) is 16.2. The van der Waals surface area contributed by atoms with E-state index in [9.17, 15) is 22.9 Å². The van der Waals surface area contributed by atoms with E-state index in [1.165, 1.54) is 19.2 Å². The number of benzene rings is 3. The van der Waals surface area contributed by atoms with E-state index >= 15 is 0 Å². The highest BCUT2D eigenvalue weighted by atomic mass is 32.2. The molecule has 0 saturated carbocycles. The number of ether oxygens (including phenoxy) is 2. The lowest BCUT2D eigenvalue weighted by molar-refractivity contribution is 0.0600. The van der Waals surface area contributed by atoms with Gasteiger partial charge >= 0.3 is 16.1 Å². The maximum atomic E-state index is 13.1. The van der Waals surface area contributed by atoms with E-state index < -0.39 is 27.8 Å². The molecule has 172 valence electrons. The van der Waals surface area contributed by atoms with Crippen LogP contribution in [0.2, 0.25) is 0 Å². The first-order valence-electron chi connectivity index (χ1n) is 9.83. The molecule has 0 aliphatic carbocycles. The number of allylic oxidation sites excluding steroid dienone is 1. The molecule has 1 aliphatic heterocycles. The Bertz CT molecular complexity index is 1440. The number of carbonyl (C=O) groups excluding carboxylic acids is 1. The summed E-state index contributed by atoms with van der Waals surface area (Å²) in [6, 6.07) is 17.0. The van der Waals surface area contributed by atoms with E-state index in [0.717, 1.165) is 24.3 Å². The van der Waals surface area contributed by atoms with E-state index in [1.54, 1.807) is 30.3 Å². The second-order valence-electron chi connectivity index (χ2n) is 7.23. The highest BCUT2D eigenvalue weighted by Gasteiger charge is 2.31. The third kappa shape index (κ3) is 4.29. The number of halogens is 1. The highest BCUT2D eigenvalue weighted by Crippen LogP contribution is 2.43. The van der Waals surface area contributed by atoms with Gasteiger partial charge in [0.2, 0.25) is 5.88 Å². The largest absolute Gasteiger partial charge is 0.465 e. The van der Waals surface area contributed by atoms with Crippen molar-refractivity contribution in [2.45, 2.75) is 10.8 Å². The number of nitrogens with zero attached hydrogens (tertiary/aromatic N) is 1. The van der Waals surface area contributed by atoms with Crippen LogP contribution in [0.3, 0.4) is 0 Å². The Morgan fingerprint density at radius 3 is 2.38 bits per heavy atom. The summed E-state index contributed by atoms with van der Waals surface area (Å²) in [6.07, 6.45) is 0. The standard InChI is InChI=1S/C24H17FN2O6S/c1-31-24(28)15-4-2-14(3-5-15)22-19-11-8-17(12-21(19)32-23(27)20(22)13-26)33-34(29,30)18-9-6-16(25)7-10-18/h2-12,22H,27H2,1H3. The van der Waals surface area contributed by atoms with Gasteiger partial charge in [-0.1, -0.05) is 18.2 Å². The number of nitrogens with two attached hydrogens (primary N) is 1. The molecule has 0 amide bonds. The minimum atomic E-state index is -4.23. The molecule has 0 radical (unpaired) electrons. The number of fused-ring (bicyclic) bond motifs is 1. The van der Waals surface area contributed by atoms with Crippen LogP contribution in [-0.4, -0.2) is 21.5 Å². The van der Waals surface area contributed by atoms with Gasteiger partial charge in [-0.3, -0.25) is 0 Å². The normalized spacial score (nSPS) is 15.0. The van der Waals surface area contributed by atoms with Crippen molar-refractivity contribution in [2.24, 2.45) is 5.73 Å². The average Bonchev–Trinajstić information content (AvgIpc) is 2.82. The van der Waals surface area contributed by atoms with Crippen LogP contribution in [0, 0.1) is 17.1 Å². The van der Waals surface area contributed by atoms with Crippen molar-refractivity contribution in [1.29, 1.82) is 5.26 Å². The van der Waals surface area contributed by atoms with Gasteiger partial charge in [0.1, 0.15) is 33.9 Å². The monoisotopic (exact) mass is 480 g/mol. The van der Waals surface area contributed by atoms with Crippen molar-refractivity contribution in [1.82, 2.24) is 0 Å². The van der Waals surface area contributed by atoms with Gasteiger partial charge < -0.3 is 19.4 Å². The lowest BCUT2D eigenvalue weighted by atomic mass is 9.83. The molecule has 1 atom stereocenters. The zero-order valence-electron chi connectivity index (χ0n) is 17.7. The predicted octanol–water partition coefficient (Wildman–Crippen LogP) is 3.60. The van der Waals surface area contributed by atoms with E-state index in [1.807, 2.05) is 0 Å². The molecule has 0 saturated heterocycles. The number of hydrogen-bond acceptors (Lipinski definition) is 8. The summed E-state index contributed by atoms with van der Waals surface area (Å²) < 4.78 is 53.7. The third-order valence-corrected chi connectivity index (χ3v) is 6.43. The first kappa shape index (κ1) is 22.8. The molecule has 34 heavy (non-hydrogen) atoms. The highest BCUT2D eigenvalue weighted by molar-refractivity contribution is 7.87. The number of rotatable bonds is 5. The number of carbonyl (C=O) groups is 1. The second kappa shape index (κ2) is 8.88. The minimum Gasteiger partial charge on any atom is -0.465 e. The summed E-state index contributed by atoms with van der Waals surface area (Å²) in [5.41, 5.74) is 7.68. The molecule has 1 heterocycles. The van der Waals surface area contributed by atoms with E-state index in [-0.39, 0.29) is 27.9 Å².